The van der Waals surface area contributed by atoms with Gasteiger partial charge in [-0.2, -0.15) is 0 Å². The average molecular weight is 399 g/mol. The lowest BCUT2D eigenvalue weighted by Crippen LogP contribution is -2.28. The van der Waals surface area contributed by atoms with Crippen LogP contribution in [0.15, 0.2) is 83.5 Å². The van der Waals surface area contributed by atoms with Gasteiger partial charge in [0, 0.05) is 0 Å². The molecule has 2 aromatic carbocycles. The van der Waals surface area contributed by atoms with E-state index in [-0.39, 0.29) is 19.3 Å². The molecule has 1 N–H and O–H groups in total. The molecule has 148 valence electrons. The first-order valence-electron chi connectivity index (χ1n) is 9.46. The van der Waals surface area contributed by atoms with E-state index in [1.807, 2.05) is 60.7 Å². The fraction of sp³-hybridized carbons (Fsp3) is 0.273. The van der Waals surface area contributed by atoms with E-state index in [0.29, 0.717) is 5.76 Å². The molecule has 0 saturated carbocycles. The second-order valence-corrected chi connectivity index (χ2v) is 8.33. The Hall–Kier alpha value is -2.17. The van der Waals surface area contributed by atoms with Crippen molar-refractivity contribution in [2.24, 2.45) is 0 Å². The van der Waals surface area contributed by atoms with Crippen LogP contribution in [0, 0.1) is 0 Å². The monoisotopic (exact) mass is 399 g/mol. The topological polar surface area (TPSA) is 60.7 Å². The molecular weight excluding hydrogens is 373 g/mol. The van der Waals surface area contributed by atoms with Gasteiger partial charge in [-0.05, 0) is 37.1 Å². The molecule has 1 heterocycles. The average Bonchev–Trinajstić information content (AvgIpc) is 3.24. The lowest BCUT2D eigenvalue weighted by molar-refractivity contribution is 0.202. The van der Waals surface area contributed by atoms with Crippen LogP contribution < -0.4 is 5.32 Å². The first kappa shape index (κ1) is 20.6. The third-order valence-electron chi connectivity index (χ3n) is 4.34. The Morgan fingerprint density at radius 2 is 1.39 bits per heavy atom. The lowest BCUT2D eigenvalue weighted by Gasteiger charge is -2.30. The summed E-state index contributed by atoms with van der Waals surface area (Å²) >= 11 is 0. The van der Waals surface area contributed by atoms with E-state index in [2.05, 4.69) is 5.32 Å². The fourth-order valence-corrected chi connectivity index (χ4v) is 5.04. The Kier molecular flexibility index (Phi) is 7.24. The molecule has 5 nitrogen and oxygen atoms in total. The van der Waals surface area contributed by atoms with Crippen molar-refractivity contribution < 1.29 is 18.0 Å². The number of hydrogen-bond acceptors (Lipinski definition) is 5. The van der Waals surface area contributed by atoms with Crippen LogP contribution in [0.2, 0.25) is 0 Å². The summed E-state index contributed by atoms with van der Waals surface area (Å²) < 4.78 is 30.5. The second-order valence-electron chi connectivity index (χ2n) is 6.21. The van der Waals surface area contributed by atoms with Crippen LogP contribution in [0.1, 0.15) is 42.6 Å². The van der Waals surface area contributed by atoms with Gasteiger partial charge in [0.25, 0.3) is 0 Å². The lowest BCUT2D eigenvalue weighted by atomic mass is 9.98. The van der Waals surface area contributed by atoms with Crippen molar-refractivity contribution in [2.75, 3.05) is 13.2 Å². The van der Waals surface area contributed by atoms with E-state index < -0.39 is 13.4 Å². The van der Waals surface area contributed by atoms with Gasteiger partial charge < -0.3 is 13.5 Å². The maximum absolute atomic E-state index is 13.6. The van der Waals surface area contributed by atoms with Crippen LogP contribution in [-0.2, 0) is 13.6 Å². The number of nitrogens with one attached hydrogen (secondary N) is 1. The zero-order chi connectivity index (χ0) is 19.8. The highest BCUT2D eigenvalue weighted by molar-refractivity contribution is 7.54. The van der Waals surface area contributed by atoms with Crippen molar-refractivity contribution in [3.05, 3.63) is 95.9 Å². The number of benzene rings is 2. The van der Waals surface area contributed by atoms with E-state index in [4.69, 9.17) is 13.5 Å². The van der Waals surface area contributed by atoms with Gasteiger partial charge in [0.05, 0.1) is 25.5 Å². The number of hydrogen-bond donors (Lipinski definition) is 1. The first-order valence-corrected chi connectivity index (χ1v) is 11.1. The van der Waals surface area contributed by atoms with Crippen LogP contribution in [0.4, 0.5) is 0 Å². The smallest absolute Gasteiger partial charge is 0.355 e. The summed E-state index contributed by atoms with van der Waals surface area (Å²) in [5.74, 6) is -0.227. The molecule has 0 fully saturated rings. The quantitative estimate of drug-likeness (QED) is 0.429. The normalized spacial score (nSPS) is 13.0. The minimum Gasteiger partial charge on any atom is -0.467 e. The Labute approximate surface area is 166 Å². The molecule has 3 rings (SSSR count). The SMILES string of the molecule is CCOP(=O)(OCC)C(NC(c1ccccc1)c1ccccc1)c1ccco1. The largest absolute Gasteiger partial charge is 0.467 e. The molecule has 6 heteroatoms. The Morgan fingerprint density at radius 3 is 1.82 bits per heavy atom. The molecule has 0 aliphatic rings. The standard InChI is InChI=1S/C22H26NO4P/c1-3-26-28(24,27-4-2)22(20-16-11-17-25-20)23-21(18-12-7-5-8-13-18)19-14-9-6-10-15-19/h5-17,21-23H,3-4H2,1-2H3. The molecule has 0 saturated heterocycles. The second kappa shape index (κ2) is 9.85. The van der Waals surface area contributed by atoms with Crippen LogP contribution in [-0.4, -0.2) is 13.2 Å². The maximum atomic E-state index is 13.6. The molecule has 0 amide bonds. The van der Waals surface area contributed by atoms with Crippen molar-refractivity contribution in [3.63, 3.8) is 0 Å². The summed E-state index contributed by atoms with van der Waals surface area (Å²) in [4.78, 5) is 0. The molecule has 0 aliphatic carbocycles. The zero-order valence-corrected chi connectivity index (χ0v) is 17.0. The molecule has 1 aromatic heterocycles. The predicted molar refractivity (Wildman–Crippen MR) is 110 cm³/mol. The molecule has 0 bridgehead atoms. The summed E-state index contributed by atoms with van der Waals surface area (Å²) in [7, 11) is -3.52. The summed E-state index contributed by atoms with van der Waals surface area (Å²) in [5.41, 5.74) is 2.09. The van der Waals surface area contributed by atoms with Crippen LogP contribution >= 0.6 is 7.60 Å². The molecule has 3 aromatic rings. The molecule has 0 spiro atoms. The van der Waals surface area contributed by atoms with Gasteiger partial charge in [-0.1, -0.05) is 60.7 Å². The van der Waals surface area contributed by atoms with Gasteiger partial charge in [-0.3, -0.25) is 9.88 Å². The molecule has 1 unspecified atom stereocenters. The summed E-state index contributed by atoms with van der Waals surface area (Å²) in [6.07, 6.45) is 1.56. The van der Waals surface area contributed by atoms with E-state index >= 15 is 0 Å². The van der Waals surface area contributed by atoms with Crippen LogP contribution in [0.3, 0.4) is 0 Å². The fourth-order valence-electron chi connectivity index (χ4n) is 3.16. The Balaban J connectivity index is 2.04. The highest BCUT2D eigenvalue weighted by Crippen LogP contribution is 2.60. The van der Waals surface area contributed by atoms with Crippen molar-refractivity contribution in [1.29, 1.82) is 0 Å². The summed E-state index contributed by atoms with van der Waals surface area (Å²) in [5, 5.41) is 3.49. The Bertz CT molecular complexity index is 819. The van der Waals surface area contributed by atoms with Crippen LogP contribution in [0.5, 0.6) is 0 Å². The summed E-state index contributed by atoms with van der Waals surface area (Å²) in [6, 6.07) is 23.4. The Morgan fingerprint density at radius 1 is 0.857 bits per heavy atom. The first-order chi connectivity index (χ1) is 13.7. The zero-order valence-electron chi connectivity index (χ0n) is 16.2. The van der Waals surface area contributed by atoms with Crippen molar-refractivity contribution >= 4 is 7.60 Å². The minimum atomic E-state index is -3.52. The van der Waals surface area contributed by atoms with Gasteiger partial charge in [0.2, 0.25) is 0 Å². The van der Waals surface area contributed by atoms with Crippen molar-refractivity contribution in [1.82, 2.24) is 5.32 Å². The van der Waals surface area contributed by atoms with E-state index in [1.165, 1.54) is 0 Å². The third-order valence-corrected chi connectivity index (χ3v) is 6.61. The highest BCUT2D eigenvalue weighted by atomic mass is 31.2. The van der Waals surface area contributed by atoms with Crippen molar-refractivity contribution in [3.8, 4) is 0 Å². The van der Waals surface area contributed by atoms with Gasteiger partial charge in [-0.25, -0.2) is 0 Å². The van der Waals surface area contributed by atoms with Gasteiger partial charge >= 0.3 is 7.60 Å². The number of furan rings is 1. The molecule has 0 radical (unpaired) electrons. The molecule has 1 atom stereocenters. The molecule has 28 heavy (non-hydrogen) atoms. The summed E-state index contributed by atoms with van der Waals surface area (Å²) in [6.45, 7) is 4.16. The minimum absolute atomic E-state index is 0.216. The number of rotatable bonds is 10. The maximum Gasteiger partial charge on any atom is 0.355 e. The third kappa shape index (κ3) is 4.81. The van der Waals surface area contributed by atoms with Crippen molar-refractivity contribution in [2.45, 2.75) is 25.7 Å². The molecular formula is C22H26NO4P. The van der Waals surface area contributed by atoms with Gasteiger partial charge in [0.1, 0.15) is 5.76 Å². The predicted octanol–water partition coefficient (Wildman–Crippen LogP) is 5.92. The van der Waals surface area contributed by atoms with Gasteiger partial charge in [-0.15, -0.1) is 0 Å². The highest BCUT2D eigenvalue weighted by Gasteiger charge is 2.40. The van der Waals surface area contributed by atoms with Crippen LogP contribution in [0.25, 0.3) is 0 Å². The van der Waals surface area contributed by atoms with Gasteiger partial charge in [0.15, 0.2) is 5.78 Å². The van der Waals surface area contributed by atoms with E-state index in [0.717, 1.165) is 11.1 Å². The molecule has 0 aliphatic heterocycles. The van der Waals surface area contributed by atoms with E-state index in [9.17, 15) is 4.57 Å². The van der Waals surface area contributed by atoms with E-state index in [1.54, 1.807) is 32.2 Å².